The van der Waals surface area contributed by atoms with Gasteiger partial charge in [0.25, 0.3) is 0 Å². The maximum atomic E-state index is 9.42. The summed E-state index contributed by atoms with van der Waals surface area (Å²) in [4.78, 5) is 5.12. The lowest BCUT2D eigenvalue weighted by molar-refractivity contribution is 0.0513. The molecule has 1 saturated carbocycles. The highest BCUT2D eigenvalue weighted by Crippen LogP contribution is 2.31. The van der Waals surface area contributed by atoms with Gasteiger partial charge in [0.15, 0.2) is 0 Å². The predicted molar refractivity (Wildman–Crippen MR) is 90.3 cm³/mol. The van der Waals surface area contributed by atoms with Crippen molar-refractivity contribution in [3.8, 4) is 0 Å². The van der Waals surface area contributed by atoms with Crippen LogP contribution in [0.5, 0.6) is 0 Å². The third kappa shape index (κ3) is 3.42. The third-order valence-electron chi connectivity index (χ3n) is 5.23. The molecule has 0 radical (unpaired) electrons. The summed E-state index contributed by atoms with van der Waals surface area (Å²) in [6.45, 7) is 5.72. The quantitative estimate of drug-likeness (QED) is 0.880. The fraction of sp³-hybridized carbons (Fsp3) is 0.611. The molecule has 124 valence electrons. The van der Waals surface area contributed by atoms with E-state index in [2.05, 4.69) is 33.1 Å². The molecule has 1 atom stereocenters. The summed E-state index contributed by atoms with van der Waals surface area (Å²) in [7, 11) is 0. The Balaban J connectivity index is 1.44. The van der Waals surface area contributed by atoms with E-state index in [0.717, 1.165) is 44.0 Å². The van der Waals surface area contributed by atoms with E-state index < -0.39 is 0 Å². The zero-order valence-electron chi connectivity index (χ0n) is 13.6. The van der Waals surface area contributed by atoms with Gasteiger partial charge in [0.1, 0.15) is 0 Å². The Morgan fingerprint density at radius 3 is 2.91 bits per heavy atom. The van der Waals surface area contributed by atoms with Crippen molar-refractivity contribution in [2.24, 2.45) is 5.92 Å². The average Bonchev–Trinajstić information content (AvgIpc) is 3.23. The van der Waals surface area contributed by atoms with Crippen LogP contribution < -0.4 is 0 Å². The molecule has 1 aliphatic heterocycles. The van der Waals surface area contributed by atoms with Gasteiger partial charge in [0.05, 0.1) is 11.2 Å². The minimum Gasteiger partial charge on any atom is -0.396 e. The summed E-state index contributed by atoms with van der Waals surface area (Å²) in [5, 5.41) is 13.9. The number of aliphatic hydroxyl groups excluding tert-OH is 1. The second kappa shape index (κ2) is 6.59. The average molecular weight is 314 g/mol. The van der Waals surface area contributed by atoms with E-state index in [1.54, 1.807) is 0 Å². The Kier molecular flexibility index (Phi) is 4.33. The third-order valence-corrected chi connectivity index (χ3v) is 5.23. The number of piperazine rings is 1. The molecule has 23 heavy (non-hydrogen) atoms. The van der Waals surface area contributed by atoms with E-state index >= 15 is 0 Å². The van der Waals surface area contributed by atoms with Crippen molar-refractivity contribution in [2.75, 3.05) is 32.8 Å². The van der Waals surface area contributed by atoms with Crippen molar-refractivity contribution < 1.29 is 5.11 Å². The van der Waals surface area contributed by atoms with Crippen LogP contribution >= 0.6 is 0 Å². The summed E-state index contributed by atoms with van der Waals surface area (Å²) in [5.41, 5.74) is 2.40. The zero-order chi connectivity index (χ0) is 15.6. The molecular weight excluding hydrogens is 288 g/mol. The summed E-state index contributed by atoms with van der Waals surface area (Å²) >= 11 is 0. The highest BCUT2D eigenvalue weighted by Gasteiger charge is 2.31. The number of nitrogens with zero attached hydrogens (tertiary/aromatic N) is 4. The van der Waals surface area contributed by atoms with Crippen LogP contribution in [0.4, 0.5) is 0 Å². The maximum Gasteiger partial charge on any atom is 0.0665 e. The molecule has 2 aromatic rings. The SMILES string of the molecule is OCCC1CN(Cc2cccc3ccnn23)CCN1CC1CC1. The first-order valence-electron chi connectivity index (χ1n) is 8.82. The van der Waals surface area contributed by atoms with Crippen molar-refractivity contribution in [3.63, 3.8) is 0 Å². The van der Waals surface area contributed by atoms with Gasteiger partial charge in [0.2, 0.25) is 0 Å². The molecule has 2 fully saturated rings. The smallest absolute Gasteiger partial charge is 0.0665 e. The van der Waals surface area contributed by atoms with Gasteiger partial charge in [-0.25, -0.2) is 4.52 Å². The second-order valence-corrected chi connectivity index (χ2v) is 7.02. The molecular formula is C18H26N4O. The molecule has 1 unspecified atom stereocenters. The van der Waals surface area contributed by atoms with Gasteiger partial charge in [-0.2, -0.15) is 5.10 Å². The molecule has 5 heteroatoms. The zero-order valence-corrected chi connectivity index (χ0v) is 13.6. The van der Waals surface area contributed by atoms with Crippen LogP contribution in [0.2, 0.25) is 0 Å². The molecule has 2 aliphatic rings. The van der Waals surface area contributed by atoms with E-state index in [-0.39, 0.29) is 6.61 Å². The van der Waals surface area contributed by atoms with Crippen molar-refractivity contribution in [1.82, 2.24) is 19.4 Å². The largest absolute Gasteiger partial charge is 0.396 e. The first kappa shape index (κ1) is 15.1. The van der Waals surface area contributed by atoms with Crippen molar-refractivity contribution >= 4 is 5.52 Å². The number of hydrogen-bond donors (Lipinski definition) is 1. The first-order chi connectivity index (χ1) is 11.3. The van der Waals surface area contributed by atoms with Gasteiger partial charge < -0.3 is 5.11 Å². The van der Waals surface area contributed by atoms with Gasteiger partial charge in [-0.3, -0.25) is 9.80 Å². The molecule has 5 nitrogen and oxygen atoms in total. The molecule has 3 heterocycles. The highest BCUT2D eigenvalue weighted by molar-refractivity contribution is 5.46. The standard InChI is InChI=1S/C18H26N4O/c23-11-7-17-13-20(9-10-21(17)12-15-4-5-15)14-18-3-1-2-16-6-8-19-22(16)18/h1-3,6,8,15,17,23H,4-5,7,9-14H2. The Morgan fingerprint density at radius 1 is 1.17 bits per heavy atom. The summed E-state index contributed by atoms with van der Waals surface area (Å²) < 4.78 is 2.04. The fourth-order valence-corrected chi connectivity index (χ4v) is 3.75. The minimum atomic E-state index is 0.286. The normalized spacial score (nSPS) is 23.6. The molecule has 1 saturated heterocycles. The van der Waals surface area contributed by atoms with Crippen LogP contribution in [0.3, 0.4) is 0 Å². The first-order valence-corrected chi connectivity index (χ1v) is 8.82. The molecule has 0 aromatic carbocycles. The fourth-order valence-electron chi connectivity index (χ4n) is 3.75. The monoisotopic (exact) mass is 314 g/mol. The number of aliphatic hydroxyl groups is 1. The van der Waals surface area contributed by atoms with Gasteiger partial charge in [-0.1, -0.05) is 6.07 Å². The van der Waals surface area contributed by atoms with Crippen LogP contribution in [-0.4, -0.2) is 63.3 Å². The lowest BCUT2D eigenvalue weighted by Gasteiger charge is -2.41. The van der Waals surface area contributed by atoms with E-state index in [0.29, 0.717) is 6.04 Å². The summed E-state index contributed by atoms with van der Waals surface area (Å²) in [6, 6.07) is 8.91. The molecule has 0 spiro atoms. The number of aromatic nitrogens is 2. The van der Waals surface area contributed by atoms with E-state index in [1.807, 2.05) is 16.8 Å². The number of pyridine rings is 1. The predicted octanol–water partition coefficient (Wildman–Crippen LogP) is 1.61. The number of rotatable bonds is 6. The van der Waals surface area contributed by atoms with Crippen LogP contribution in [-0.2, 0) is 6.54 Å². The molecule has 0 amide bonds. The Morgan fingerprint density at radius 2 is 2.09 bits per heavy atom. The van der Waals surface area contributed by atoms with Gasteiger partial charge in [0, 0.05) is 51.6 Å². The molecule has 2 aromatic heterocycles. The summed E-state index contributed by atoms with van der Waals surface area (Å²) in [5.74, 6) is 0.917. The minimum absolute atomic E-state index is 0.286. The topological polar surface area (TPSA) is 44.0 Å². The van der Waals surface area contributed by atoms with Crippen LogP contribution in [0.1, 0.15) is 25.0 Å². The van der Waals surface area contributed by atoms with Gasteiger partial charge in [-0.15, -0.1) is 0 Å². The summed E-state index contributed by atoms with van der Waals surface area (Å²) in [6.07, 6.45) is 5.54. The van der Waals surface area contributed by atoms with E-state index in [9.17, 15) is 5.11 Å². The van der Waals surface area contributed by atoms with E-state index in [4.69, 9.17) is 0 Å². The van der Waals surface area contributed by atoms with Crippen LogP contribution in [0.15, 0.2) is 30.5 Å². The molecule has 1 N–H and O–H groups in total. The van der Waals surface area contributed by atoms with Crippen LogP contribution in [0, 0.1) is 5.92 Å². The number of fused-ring (bicyclic) bond motifs is 1. The molecule has 4 rings (SSSR count). The highest BCUT2D eigenvalue weighted by atomic mass is 16.3. The Labute approximate surface area is 137 Å². The van der Waals surface area contributed by atoms with Crippen LogP contribution in [0.25, 0.3) is 5.52 Å². The Bertz CT molecular complexity index is 651. The molecule has 0 bridgehead atoms. The maximum absolute atomic E-state index is 9.42. The van der Waals surface area contributed by atoms with E-state index in [1.165, 1.54) is 25.1 Å². The van der Waals surface area contributed by atoms with Gasteiger partial charge in [-0.05, 0) is 43.4 Å². The van der Waals surface area contributed by atoms with Crippen molar-refractivity contribution in [2.45, 2.75) is 31.8 Å². The lowest BCUT2D eigenvalue weighted by Crippen LogP contribution is -2.53. The van der Waals surface area contributed by atoms with Gasteiger partial charge >= 0.3 is 0 Å². The molecule has 1 aliphatic carbocycles. The van der Waals surface area contributed by atoms with Crippen molar-refractivity contribution in [1.29, 1.82) is 0 Å². The van der Waals surface area contributed by atoms with Crippen molar-refractivity contribution in [3.05, 3.63) is 36.2 Å². The Hall–Kier alpha value is -1.43. The number of hydrogen-bond acceptors (Lipinski definition) is 4. The lowest BCUT2D eigenvalue weighted by atomic mass is 10.1. The second-order valence-electron chi connectivity index (χ2n) is 7.02.